The van der Waals surface area contributed by atoms with Crippen molar-refractivity contribution in [2.75, 3.05) is 23.9 Å². The molecule has 0 bridgehead atoms. The Morgan fingerprint density at radius 2 is 2.05 bits per heavy atom. The van der Waals surface area contributed by atoms with Gasteiger partial charge in [0.25, 0.3) is 0 Å². The van der Waals surface area contributed by atoms with E-state index in [4.69, 9.17) is 5.73 Å². The second-order valence-corrected chi connectivity index (χ2v) is 5.26. The zero-order chi connectivity index (χ0) is 13.8. The summed E-state index contributed by atoms with van der Waals surface area (Å²) in [6, 6.07) is 10.3. The van der Waals surface area contributed by atoms with Gasteiger partial charge in [0.05, 0.1) is 0 Å². The van der Waals surface area contributed by atoms with Crippen molar-refractivity contribution >= 4 is 23.4 Å². The lowest BCUT2D eigenvalue weighted by atomic mass is 10.1. The van der Waals surface area contributed by atoms with Gasteiger partial charge in [0.15, 0.2) is 5.16 Å². The number of benzene rings is 1. The Morgan fingerprint density at radius 1 is 1.26 bits per heavy atom. The van der Waals surface area contributed by atoms with Crippen molar-refractivity contribution in [3.63, 3.8) is 0 Å². The van der Waals surface area contributed by atoms with Crippen molar-refractivity contribution in [2.45, 2.75) is 18.6 Å². The van der Waals surface area contributed by atoms with Crippen LogP contribution in [0.4, 0.5) is 11.6 Å². The van der Waals surface area contributed by atoms with Crippen LogP contribution < -0.4 is 10.6 Å². The summed E-state index contributed by atoms with van der Waals surface area (Å²) in [6.07, 6.45) is 1.94. The fourth-order valence-corrected chi connectivity index (χ4v) is 2.26. The Hall–Kier alpha value is -1.75. The minimum absolute atomic E-state index is 0.505. The van der Waals surface area contributed by atoms with E-state index in [0.717, 1.165) is 12.4 Å². The highest BCUT2D eigenvalue weighted by Gasteiger charge is 2.07. The Morgan fingerprint density at radius 3 is 2.74 bits per heavy atom. The number of nitrogens with zero attached hydrogens (tertiary/aromatic N) is 3. The standard InChI is InChI=1S/C14H18N4S/c1-10-5-4-6-11(7-10)9-18(2)13-8-12(15)16-14(17-13)19-3/h4-8H,9H2,1-3H3,(H2,15,16,17). The van der Waals surface area contributed by atoms with Gasteiger partial charge in [-0.3, -0.25) is 0 Å². The van der Waals surface area contributed by atoms with Crippen LogP contribution in [0.5, 0.6) is 0 Å². The molecule has 2 N–H and O–H groups in total. The molecule has 0 saturated carbocycles. The number of hydrogen-bond donors (Lipinski definition) is 1. The summed E-state index contributed by atoms with van der Waals surface area (Å²) in [7, 11) is 2.01. The van der Waals surface area contributed by atoms with E-state index < -0.39 is 0 Å². The van der Waals surface area contributed by atoms with E-state index in [1.165, 1.54) is 22.9 Å². The first kappa shape index (κ1) is 13.7. The highest BCUT2D eigenvalue weighted by Crippen LogP contribution is 2.19. The summed E-state index contributed by atoms with van der Waals surface area (Å²) in [5.74, 6) is 1.35. The molecule has 4 nitrogen and oxygen atoms in total. The normalized spacial score (nSPS) is 10.5. The molecule has 0 saturated heterocycles. The molecule has 2 rings (SSSR count). The smallest absolute Gasteiger partial charge is 0.191 e. The molecule has 19 heavy (non-hydrogen) atoms. The summed E-state index contributed by atoms with van der Waals surface area (Å²) in [6.45, 7) is 2.89. The average Bonchev–Trinajstić information content (AvgIpc) is 2.38. The van der Waals surface area contributed by atoms with Gasteiger partial charge < -0.3 is 10.6 Å². The fourth-order valence-electron chi connectivity index (χ4n) is 1.88. The number of nitrogen functional groups attached to an aromatic ring is 1. The van der Waals surface area contributed by atoms with Crippen molar-refractivity contribution in [3.8, 4) is 0 Å². The number of aromatic nitrogens is 2. The third kappa shape index (κ3) is 3.61. The summed E-state index contributed by atoms with van der Waals surface area (Å²) in [5.41, 5.74) is 8.32. The number of aryl methyl sites for hydroxylation is 1. The van der Waals surface area contributed by atoms with Crippen LogP contribution in [0.2, 0.25) is 0 Å². The molecule has 0 aliphatic heterocycles. The Balaban J connectivity index is 2.20. The van der Waals surface area contributed by atoms with Gasteiger partial charge >= 0.3 is 0 Å². The Kier molecular flexibility index (Phi) is 4.27. The topological polar surface area (TPSA) is 55.0 Å². The van der Waals surface area contributed by atoms with Crippen LogP contribution in [0.15, 0.2) is 35.5 Å². The summed E-state index contributed by atoms with van der Waals surface area (Å²) >= 11 is 1.49. The van der Waals surface area contributed by atoms with Gasteiger partial charge in [-0.2, -0.15) is 0 Å². The molecule has 100 valence electrons. The molecule has 0 amide bonds. The zero-order valence-corrected chi connectivity index (χ0v) is 12.2. The number of thioether (sulfide) groups is 1. The highest BCUT2D eigenvalue weighted by molar-refractivity contribution is 7.98. The maximum Gasteiger partial charge on any atom is 0.191 e. The summed E-state index contributed by atoms with van der Waals surface area (Å²) in [5, 5.41) is 0.700. The van der Waals surface area contributed by atoms with Crippen LogP contribution in [-0.4, -0.2) is 23.3 Å². The monoisotopic (exact) mass is 274 g/mol. The van der Waals surface area contributed by atoms with Crippen LogP contribution >= 0.6 is 11.8 Å². The molecule has 0 atom stereocenters. The Labute approximate surface area is 118 Å². The lowest BCUT2D eigenvalue weighted by molar-refractivity contribution is 0.859. The summed E-state index contributed by atoms with van der Waals surface area (Å²) < 4.78 is 0. The van der Waals surface area contributed by atoms with E-state index in [1.54, 1.807) is 6.07 Å². The predicted molar refractivity (Wildman–Crippen MR) is 81.5 cm³/mol. The van der Waals surface area contributed by atoms with Gasteiger partial charge in [-0.25, -0.2) is 9.97 Å². The first-order valence-electron chi connectivity index (χ1n) is 6.03. The maximum absolute atomic E-state index is 5.80. The van der Waals surface area contributed by atoms with E-state index in [2.05, 4.69) is 46.1 Å². The van der Waals surface area contributed by atoms with Crippen LogP contribution in [0.1, 0.15) is 11.1 Å². The van der Waals surface area contributed by atoms with Crippen LogP contribution in [0.25, 0.3) is 0 Å². The zero-order valence-electron chi connectivity index (χ0n) is 11.4. The predicted octanol–water partition coefficient (Wildman–Crippen LogP) is 2.73. The molecule has 2 aromatic rings. The quantitative estimate of drug-likeness (QED) is 0.686. The molecule has 1 heterocycles. The third-order valence-electron chi connectivity index (χ3n) is 2.79. The average molecular weight is 274 g/mol. The van der Waals surface area contributed by atoms with E-state index in [9.17, 15) is 0 Å². The molecule has 0 spiro atoms. The van der Waals surface area contributed by atoms with Gasteiger partial charge in [-0.15, -0.1) is 0 Å². The largest absolute Gasteiger partial charge is 0.383 e. The highest BCUT2D eigenvalue weighted by atomic mass is 32.2. The second kappa shape index (κ2) is 5.93. The minimum Gasteiger partial charge on any atom is -0.383 e. The molecule has 0 unspecified atom stereocenters. The number of hydrogen-bond acceptors (Lipinski definition) is 5. The van der Waals surface area contributed by atoms with E-state index in [0.29, 0.717) is 11.0 Å². The maximum atomic E-state index is 5.80. The first-order chi connectivity index (χ1) is 9.08. The first-order valence-corrected chi connectivity index (χ1v) is 7.26. The van der Waals surface area contributed by atoms with Crippen molar-refractivity contribution in [3.05, 3.63) is 41.5 Å². The van der Waals surface area contributed by atoms with Gasteiger partial charge in [-0.1, -0.05) is 41.6 Å². The van der Waals surface area contributed by atoms with E-state index >= 15 is 0 Å². The molecule has 1 aromatic heterocycles. The number of anilines is 2. The van der Waals surface area contributed by atoms with E-state index in [-0.39, 0.29) is 0 Å². The lowest BCUT2D eigenvalue weighted by Crippen LogP contribution is -2.18. The van der Waals surface area contributed by atoms with Crippen molar-refractivity contribution in [2.24, 2.45) is 0 Å². The van der Waals surface area contributed by atoms with Crippen molar-refractivity contribution < 1.29 is 0 Å². The van der Waals surface area contributed by atoms with Gasteiger partial charge in [0, 0.05) is 19.7 Å². The van der Waals surface area contributed by atoms with Crippen LogP contribution in [-0.2, 0) is 6.54 Å². The third-order valence-corrected chi connectivity index (χ3v) is 3.34. The molecule has 1 aromatic carbocycles. The van der Waals surface area contributed by atoms with Gasteiger partial charge in [0.1, 0.15) is 11.6 Å². The van der Waals surface area contributed by atoms with Crippen molar-refractivity contribution in [1.82, 2.24) is 9.97 Å². The lowest BCUT2D eigenvalue weighted by Gasteiger charge is -2.19. The molecule has 5 heteroatoms. The Bertz CT molecular complexity index is 571. The van der Waals surface area contributed by atoms with E-state index in [1.807, 2.05) is 13.3 Å². The molecule has 0 radical (unpaired) electrons. The molecule has 0 aliphatic carbocycles. The van der Waals surface area contributed by atoms with Crippen molar-refractivity contribution in [1.29, 1.82) is 0 Å². The number of nitrogens with two attached hydrogens (primary N) is 1. The van der Waals surface area contributed by atoms with Crippen LogP contribution in [0, 0.1) is 6.92 Å². The SMILES string of the molecule is CSc1nc(N)cc(N(C)Cc2cccc(C)c2)n1. The molecule has 0 fully saturated rings. The fraction of sp³-hybridized carbons (Fsp3) is 0.286. The molecular weight excluding hydrogens is 256 g/mol. The van der Waals surface area contributed by atoms with Gasteiger partial charge in [-0.05, 0) is 18.7 Å². The molecular formula is C14H18N4S. The van der Waals surface area contributed by atoms with Crippen LogP contribution in [0.3, 0.4) is 0 Å². The van der Waals surface area contributed by atoms with Gasteiger partial charge in [0.2, 0.25) is 0 Å². The summed E-state index contributed by atoms with van der Waals surface area (Å²) in [4.78, 5) is 10.7. The number of rotatable bonds is 4. The second-order valence-electron chi connectivity index (χ2n) is 4.48. The molecule has 0 aliphatic rings. The minimum atomic E-state index is 0.505.